The van der Waals surface area contributed by atoms with Crippen LogP contribution in [0.25, 0.3) is 0 Å². The number of fused-ring (bicyclic) bond motifs is 1. The minimum Gasteiger partial charge on any atom is -0.331 e. The standard InChI is InChI=1S/C18H23N5O3S/c1-5-11-6-8-12(9-7-11)19-13(24)10-27-17-20-14-15(21(17)2)22(3)18(26)23(4)16(14)25/h6-9,14-15H,5,10H2,1-4H3,(H,19,24)/t14-,15+/m1/s1. The molecule has 2 atom stereocenters. The van der Waals surface area contributed by atoms with Crippen molar-refractivity contribution in [1.82, 2.24) is 14.7 Å². The molecule has 0 aromatic heterocycles. The number of likely N-dealkylation sites (N-methyl/N-ethyl adjacent to an activating group) is 3. The Kier molecular flexibility index (Phi) is 5.41. The summed E-state index contributed by atoms with van der Waals surface area (Å²) in [5.74, 6) is -0.311. The summed E-state index contributed by atoms with van der Waals surface area (Å²) >= 11 is 1.25. The van der Waals surface area contributed by atoms with E-state index >= 15 is 0 Å². The molecular formula is C18H23N5O3S. The molecule has 0 aliphatic carbocycles. The van der Waals surface area contributed by atoms with E-state index in [4.69, 9.17) is 0 Å². The average molecular weight is 389 g/mol. The largest absolute Gasteiger partial charge is 0.331 e. The first-order chi connectivity index (χ1) is 12.8. The number of rotatable bonds is 4. The quantitative estimate of drug-likeness (QED) is 0.842. The fourth-order valence-corrected chi connectivity index (χ4v) is 4.02. The molecule has 2 aliphatic rings. The van der Waals surface area contributed by atoms with Gasteiger partial charge in [0.25, 0.3) is 5.91 Å². The molecule has 0 saturated carbocycles. The van der Waals surface area contributed by atoms with Gasteiger partial charge in [0.1, 0.15) is 6.17 Å². The van der Waals surface area contributed by atoms with Gasteiger partial charge < -0.3 is 15.1 Å². The smallest absolute Gasteiger partial charge is 0.327 e. The number of benzene rings is 1. The van der Waals surface area contributed by atoms with Crippen LogP contribution < -0.4 is 5.32 Å². The Morgan fingerprint density at radius 2 is 1.81 bits per heavy atom. The van der Waals surface area contributed by atoms with Crippen LogP contribution in [0.3, 0.4) is 0 Å². The molecule has 144 valence electrons. The Bertz CT molecular complexity index is 795. The van der Waals surface area contributed by atoms with Crippen LogP contribution in [0.4, 0.5) is 10.5 Å². The van der Waals surface area contributed by atoms with Gasteiger partial charge in [0, 0.05) is 26.8 Å². The van der Waals surface area contributed by atoms with Gasteiger partial charge in [0.2, 0.25) is 5.91 Å². The number of amidine groups is 1. The van der Waals surface area contributed by atoms with Crippen molar-refractivity contribution >= 4 is 40.5 Å². The number of aryl methyl sites for hydroxylation is 1. The van der Waals surface area contributed by atoms with E-state index in [1.165, 1.54) is 29.3 Å². The zero-order chi connectivity index (χ0) is 19.7. The number of amides is 4. The highest BCUT2D eigenvalue weighted by atomic mass is 32.2. The van der Waals surface area contributed by atoms with Gasteiger partial charge in [-0.2, -0.15) is 0 Å². The van der Waals surface area contributed by atoms with Gasteiger partial charge in [0.15, 0.2) is 11.2 Å². The fourth-order valence-electron chi connectivity index (χ4n) is 3.19. The molecule has 1 fully saturated rings. The zero-order valence-corrected chi connectivity index (χ0v) is 16.6. The van der Waals surface area contributed by atoms with Crippen LogP contribution in [-0.2, 0) is 16.0 Å². The maximum Gasteiger partial charge on any atom is 0.327 e. The fraction of sp³-hybridized carbons (Fsp3) is 0.444. The summed E-state index contributed by atoms with van der Waals surface area (Å²) in [7, 11) is 4.88. The van der Waals surface area contributed by atoms with E-state index in [0.717, 1.165) is 17.0 Å². The number of anilines is 1. The van der Waals surface area contributed by atoms with E-state index in [1.807, 2.05) is 24.3 Å². The number of nitrogens with one attached hydrogen (secondary N) is 1. The number of hydrogen-bond acceptors (Lipinski definition) is 6. The molecule has 2 aliphatic heterocycles. The van der Waals surface area contributed by atoms with Crippen LogP contribution in [0.2, 0.25) is 0 Å². The Morgan fingerprint density at radius 1 is 1.15 bits per heavy atom. The third-order valence-corrected chi connectivity index (χ3v) is 5.84. The maximum absolute atomic E-state index is 12.3. The Hall–Kier alpha value is -2.55. The van der Waals surface area contributed by atoms with Crippen molar-refractivity contribution in [2.75, 3.05) is 32.2 Å². The summed E-state index contributed by atoms with van der Waals surface area (Å²) in [6.45, 7) is 2.08. The van der Waals surface area contributed by atoms with E-state index in [-0.39, 0.29) is 23.6 Å². The molecule has 0 spiro atoms. The lowest BCUT2D eigenvalue weighted by molar-refractivity contribution is -0.134. The predicted octanol–water partition coefficient (Wildman–Crippen LogP) is 1.44. The van der Waals surface area contributed by atoms with E-state index < -0.39 is 12.2 Å². The highest BCUT2D eigenvalue weighted by Gasteiger charge is 2.49. The van der Waals surface area contributed by atoms with Gasteiger partial charge >= 0.3 is 6.03 Å². The van der Waals surface area contributed by atoms with Gasteiger partial charge in [-0.25, -0.2) is 9.79 Å². The van der Waals surface area contributed by atoms with Crippen molar-refractivity contribution in [1.29, 1.82) is 0 Å². The van der Waals surface area contributed by atoms with Gasteiger partial charge in [-0.1, -0.05) is 30.8 Å². The summed E-state index contributed by atoms with van der Waals surface area (Å²) in [5.41, 5.74) is 1.95. The van der Waals surface area contributed by atoms with Gasteiger partial charge in [0.05, 0.1) is 5.75 Å². The van der Waals surface area contributed by atoms with Gasteiger partial charge in [-0.05, 0) is 24.1 Å². The molecule has 1 saturated heterocycles. The molecular weight excluding hydrogens is 366 g/mol. The predicted molar refractivity (Wildman–Crippen MR) is 106 cm³/mol. The Balaban J connectivity index is 1.61. The zero-order valence-electron chi connectivity index (χ0n) is 15.8. The molecule has 2 heterocycles. The lowest BCUT2D eigenvalue weighted by atomic mass is 10.1. The maximum atomic E-state index is 12.3. The van der Waals surface area contributed by atoms with Crippen LogP contribution in [-0.4, -0.2) is 76.8 Å². The first-order valence-electron chi connectivity index (χ1n) is 8.70. The van der Waals surface area contributed by atoms with E-state index in [1.54, 1.807) is 19.0 Å². The monoisotopic (exact) mass is 389 g/mol. The van der Waals surface area contributed by atoms with Gasteiger partial charge in [-0.15, -0.1) is 0 Å². The van der Waals surface area contributed by atoms with Gasteiger partial charge in [-0.3, -0.25) is 14.5 Å². The molecule has 1 aromatic rings. The number of thioether (sulfide) groups is 1. The van der Waals surface area contributed by atoms with Crippen molar-refractivity contribution in [3.8, 4) is 0 Å². The first kappa shape index (κ1) is 19.2. The van der Waals surface area contributed by atoms with Crippen LogP contribution in [0.1, 0.15) is 12.5 Å². The number of nitrogens with zero attached hydrogens (tertiary/aromatic N) is 4. The number of carbonyl (C=O) groups excluding carboxylic acids is 3. The van der Waals surface area contributed by atoms with Crippen molar-refractivity contribution < 1.29 is 14.4 Å². The van der Waals surface area contributed by atoms with Crippen molar-refractivity contribution in [2.24, 2.45) is 4.99 Å². The molecule has 27 heavy (non-hydrogen) atoms. The number of hydrogen-bond donors (Lipinski definition) is 1. The van der Waals surface area contributed by atoms with Crippen LogP contribution in [0.15, 0.2) is 29.3 Å². The number of imide groups is 1. The van der Waals surface area contributed by atoms with Crippen molar-refractivity contribution in [3.05, 3.63) is 29.8 Å². The summed E-state index contributed by atoms with van der Waals surface area (Å²) < 4.78 is 0. The molecule has 0 unspecified atom stereocenters. The number of aliphatic imine (C=N–C) groups is 1. The van der Waals surface area contributed by atoms with Crippen molar-refractivity contribution in [3.63, 3.8) is 0 Å². The normalized spacial score (nSPS) is 22.1. The third kappa shape index (κ3) is 3.64. The second-order valence-corrected chi connectivity index (χ2v) is 7.50. The molecule has 0 bridgehead atoms. The average Bonchev–Trinajstić information content (AvgIpc) is 3.00. The molecule has 0 radical (unpaired) electrons. The SMILES string of the molecule is CCc1ccc(NC(=O)CSC2=N[C@H]3C(=O)N(C)C(=O)N(C)[C@@H]3N2C)cc1. The second kappa shape index (κ2) is 7.59. The highest BCUT2D eigenvalue weighted by molar-refractivity contribution is 8.14. The molecule has 1 N–H and O–H groups in total. The molecule has 4 amide bonds. The Morgan fingerprint density at radius 3 is 2.44 bits per heavy atom. The summed E-state index contributed by atoms with van der Waals surface area (Å²) in [5, 5.41) is 3.43. The molecule has 8 nitrogen and oxygen atoms in total. The third-order valence-electron chi connectivity index (χ3n) is 4.78. The lowest BCUT2D eigenvalue weighted by Gasteiger charge is -2.40. The summed E-state index contributed by atoms with van der Waals surface area (Å²) in [4.78, 5) is 45.5. The summed E-state index contributed by atoms with van der Waals surface area (Å²) in [6.07, 6.45) is 0.497. The Labute approximate surface area is 162 Å². The number of urea groups is 1. The molecule has 9 heteroatoms. The minimum absolute atomic E-state index is 0.150. The topological polar surface area (TPSA) is 85.3 Å². The van der Waals surface area contributed by atoms with Crippen LogP contribution >= 0.6 is 11.8 Å². The lowest BCUT2D eigenvalue weighted by Crippen LogP contribution is -2.63. The van der Waals surface area contributed by atoms with E-state index in [2.05, 4.69) is 17.2 Å². The second-order valence-electron chi connectivity index (χ2n) is 6.56. The van der Waals surface area contributed by atoms with Crippen LogP contribution in [0.5, 0.6) is 0 Å². The number of carbonyl (C=O) groups is 3. The van der Waals surface area contributed by atoms with E-state index in [0.29, 0.717) is 5.17 Å². The van der Waals surface area contributed by atoms with E-state index in [9.17, 15) is 14.4 Å². The first-order valence-corrected chi connectivity index (χ1v) is 9.68. The molecule has 1 aromatic carbocycles. The van der Waals surface area contributed by atoms with Crippen molar-refractivity contribution in [2.45, 2.75) is 25.6 Å². The summed E-state index contributed by atoms with van der Waals surface area (Å²) in [6, 6.07) is 6.71. The molecule has 3 rings (SSSR count). The van der Waals surface area contributed by atoms with Crippen LogP contribution in [0, 0.1) is 0 Å². The highest BCUT2D eigenvalue weighted by Crippen LogP contribution is 2.29. The minimum atomic E-state index is -0.658.